The Bertz CT molecular complexity index is 610. The number of hydrogen-bond donors (Lipinski definition) is 2. The van der Waals surface area contributed by atoms with Crippen molar-refractivity contribution in [1.82, 2.24) is 20.6 Å². The second-order valence-corrected chi connectivity index (χ2v) is 5.08. The van der Waals surface area contributed by atoms with Gasteiger partial charge < -0.3 is 10.6 Å². The zero-order valence-electron chi connectivity index (χ0n) is 11.3. The Morgan fingerprint density at radius 2 is 2.00 bits per heavy atom. The molecule has 0 saturated heterocycles. The summed E-state index contributed by atoms with van der Waals surface area (Å²) in [7, 11) is 0. The van der Waals surface area contributed by atoms with Crippen LogP contribution in [0, 0.1) is 0 Å². The van der Waals surface area contributed by atoms with Gasteiger partial charge in [-0.15, -0.1) is 0 Å². The van der Waals surface area contributed by atoms with Crippen molar-refractivity contribution in [1.29, 1.82) is 0 Å². The molecule has 1 aliphatic carbocycles. The topological polar surface area (TPSA) is 66.9 Å². The van der Waals surface area contributed by atoms with Crippen molar-refractivity contribution in [2.75, 3.05) is 13.1 Å². The fourth-order valence-corrected chi connectivity index (χ4v) is 2.04. The number of benzene rings is 1. The summed E-state index contributed by atoms with van der Waals surface area (Å²) in [5.74, 6) is -0.158. The van der Waals surface area contributed by atoms with Gasteiger partial charge in [-0.2, -0.15) is 0 Å². The van der Waals surface area contributed by atoms with Gasteiger partial charge in [-0.1, -0.05) is 12.1 Å². The molecule has 20 heavy (non-hydrogen) atoms. The third-order valence-electron chi connectivity index (χ3n) is 3.33. The van der Waals surface area contributed by atoms with Gasteiger partial charge in [-0.05, 0) is 37.9 Å². The van der Waals surface area contributed by atoms with Gasteiger partial charge >= 0.3 is 0 Å². The highest BCUT2D eigenvalue weighted by atomic mass is 16.1. The van der Waals surface area contributed by atoms with Crippen molar-refractivity contribution in [3.63, 3.8) is 0 Å². The number of hydrogen-bond acceptors (Lipinski definition) is 4. The van der Waals surface area contributed by atoms with Crippen LogP contribution in [0.4, 0.5) is 0 Å². The fraction of sp³-hybridized carbons (Fsp3) is 0.400. The molecular weight excluding hydrogens is 252 g/mol. The zero-order chi connectivity index (χ0) is 13.8. The summed E-state index contributed by atoms with van der Waals surface area (Å²) in [5.41, 5.74) is 1.92. The minimum absolute atomic E-state index is 0.158. The Balaban J connectivity index is 1.51. The van der Waals surface area contributed by atoms with Crippen LogP contribution in [0.15, 0.2) is 30.5 Å². The summed E-state index contributed by atoms with van der Waals surface area (Å²) in [4.78, 5) is 20.5. The first kappa shape index (κ1) is 13.0. The minimum Gasteiger partial charge on any atom is -0.351 e. The molecule has 0 bridgehead atoms. The van der Waals surface area contributed by atoms with Gasteiger partial charge in [0.1, 0.15) is 5.69 Å². The summed E-state index contributed by atoms with van der Waals surface area (Å²) >= 11 is 0. The van der Waals surface area contributed by atoms with Crippen molar-refractivity contribution in [2.45, 2.75) is 25.3 Å². The summed E-state index contributed by atoms with van der Waals surface area (Å²) in [6.07, 6.45) is 5.04. The van der Waals surface area contributed by atoms with Gasteiger partial charge in [0, 0.05) is 12.6 Å². The van der Waals surface area contributed by atoms with E-state index in [9.17, 15) is 4.79 Å². The monoisotopic (exact) mass is 270 g/mol. The van der Waals surface area contributed by atoms with E-state index in [0.717, 1.165) is 30.0 Å². The van der Waals surface area contributed by atoms with Crippen LogP contribution in [-0.2, 0) is 0 Å². The molecule has 1 saturated carbocycles. The third kappa shape index (κ3) is 3.30. The second-order valence-electron chi connectivity index (χ2n) is 5.08. The Morgan fingerprint density at radius 3 is 2.80 bits per heavy atom. The third-order valence-corrected chi connectivity index (χ3v) is 3.33. The average Bonchev–Trinajstić information content (AvgIpc) is 3.30. The highest BCUT2D eigenvalue weighted by Gasteiger charge is 2.19. The van der Waals surface area contributed by atoms with Gasteiger partial charge in [0.2, 0.25) is 0 Å². The molecule has 0 radical (unpaired) electrons. The Hall–Kier alpha value is -2.01. The van der Waals surface area contributed by atoms with Gasteiger partial charge in [0.25, 0.3) is 5.91 Å². The smallest absolute Gasteiger partial charge is 0.271 e. The van der Waals surface area contributed by atoms with E-state index < -0.39 is 0 Å². The number of fused-ring (bicyclic) bond motifs is 1. The lowest BCUT2D eigenvalue weighted by Gasteiger charge is -2.06. The average molecular weight is 270 g/mol. The maximum absolute atomic E-state index is 12.0. The molecule has 5 nitrogen and oxygen atoms in total. The molecule has 0 spiro atoms. The highest BCUT2D eigenvalue weighted by Crippen LogP contribution is 2.18. The standard InChI is InChI=1S/C15H18N4O/c20-15(17-9-3-8-16-11-6-7-11)14-10-18-12-4-1-2-5-13(12)19-14/h1-2,4-5,10-11,16H,3,6-9H2,(H,17,20). The van der Waals surface area contributed by atoms with E-state index in [1.807, 2.05) is 24.3 Å². The van der Waals surface area contributed by atoms with Gasteiger partial charge in [-0.3, -0.25) is 9.78 Å². The molecule has 0 atom stereocenters. The molecule has 1 amide bonds. The quantitative estimate of drug-likeness (QED) is 0.781. The summed E-state index contributed by atoms with van der Waals surface area (Å²) in [5, 5.41) is 6.29. The molecule has 0 aliphatic heterocycles. The molecule has 3 rings (SSSR count). The zero-order valence-corrected chi connectivity index (χ0v) is 11.3. The predicted molar refractivity (Wildman–Crippen MR) is 77.5 cm³/mol. The van der Waals surface area contributed by atoms with Gasteiger partial charge in [0.05, 0.1) is 17.2 Å². The number of nitrogens with zero attached hydrogens (tertiary/aromatic N) is 2. The number of aromatic nitrogens is 2. The van der Waals surface area contributed by atoms with Crippen LogP contribution in [0.3, 0.4) is 0 Å². The first-order valence-electron chi connectivity index (χ1n) is 7.06. The lowest BCUT2D eigenvalue weighted by molar-refractivity contribution is 0.0948. The van der Waals surface area contributed by atoms with E-state index in [1.54, 1.807) is 0 Å². The maximum Gasteiger partial charge on any atom is 0.271 e. The normalized spacial score (nSPS) is 14.4. The molecule has 5 heteroatoms. The number of rotatable bonds is 6. The first-order valence-corrected chi connectivity index (χ1v) is 7.06. The molecule has 2 aromatic rings. The number of carbonyl (C=O) groups excluding carboxylic acids is 1. The van der Waals surface area contributed by atoms with E-state index in [2.05, 4.69) is 20.6 Å². The number of carbonyl (C=O) groups is 1. The largest absolute Gasteiger partial charge is 0.351 e. The van der Waals surface area contributed by atoms with E-state index in [1.165, 1.54) is 19.0 Å². The van der Waals surface area contributed by atoms with Crippen molar-refractivity contribution in [3.05, 3.63) is 36.2 Å². The molecule has 0 unspecified atom stereocenters. The van der Waals surface area contributed by atoms with Crippen molar-refractivity contribution in [3.8, 4) is 0 Å². The van der Waals surface area contributed by atoms with Crippen molar-refractivity contribution >= 4 is 16.9 Å². The van der Waals surface area contributed by atoms with Crippen LogP contribution in [0.25, 0.3) is 11.0 Å². The van der Waals surface area contributed by atoms with Gasteiger partial charge in [0.15, 0.2) is 0 Å². The van der Waals surface area contributed by atoms with Crippen molar-refractivity contribution < 1.29 is 4.79 Å². The van der Waals surface area contributed by atoms with E-state index in [4.69, 9.17) is 0 Å². The summed E-state index contributed by atoms with van der Waals surface area (Å²) in [6, 6.07) is 8.26. The summed E-state index contributed by atoms with van der Waals surface area (Å²) < 4.78 is 0. The summed E-state index contributed by atoms with van der Waals surface area (Å²) in [6.45, 7) is 1.61. The number of para-hydroxylation sites is 2. The number of nitrogens with one attached hydrogen (secondary N) is 2. The van der Waals surface area contributed by atoms with Crippen LogP contribution in [0.1, 0.15) is 29.8 Å². The van der Waals surface area contributed by atoms with E-state index in [-0.39, 0.29) is 5.91 Å². The second kappa shape index (κ2) is 5.96. The molecule has 1 heterocycles. The van der Waals surface area contributed by atoms with Gasteiger partial charge in [-0.25, -0.2) is 4.98 Å². The lowest BCUT2D eigenvalue weighted by atomic mass is 10.3. The molecule has 104 valence electrons. The molecule has 1 aromatic heterocycles. The van der Waals surface area contributed by atoms with Crippen LogP contribution in [0.2, 0.25) is 0 Å². The van der Waals surface area contributed by atoms with Crippen molar-refractivity contribution in [2.24, 2.45) is 0 Å². The Morgan fingerprint density at radius 1 is 1.20 bits per heavy atom. The maximum atomic E-state index is 12.0. The minimum atomic E-state index is -0.158. The molecule has 1 aromatic carbocycles. The van der Waals surface area contributed by atoms with Crippen LogP contribution in [-0.4, -0.2) is 35.0 Å². The fourth-order valence-electron chi connectivity index (χ4n) is 2.04. The Kier molecular flexibility index (Phi) is 3.87. The molecular formula is C15H18N4O. The van der Waals surface area contributed by atoms with Crippen LogP contribution < -0.4 is 10.6 Å². The molecule has 1 aliphatic rings. The van der Waals surface area contributed by atoms with Crippen LogP contribution in [0.5, 0.6) is 0 Å². The Labute approximate surface area is 117 Å². The molecule has 1 fully saturated rings. The first-order chi connectivity index (χ1) is 9.83. The van der Waals surface area contributed by atoms with E-state index >= 15 is 0 Å². The van der Waals surface area contributed by atoms with E-state index in [0.29, 0.717) is 12.2 Å². The SMILES string of the molecule is O=C(NCCCNC1CC1)c1cnc2ccccc2n1. The predicted octanol–water partition coefficient (Wildman–Crippen LogP) is 1.50. The number of amides is 1. The van der Waals surface area contributed by atoms with Crippen LogP contribution >= 0.6 is 0 Å². The highest BCUT2D eigenvalue weighted by molar-refractivity contribution is 5.93. The lowest BCUT2D eigenvalue weighted by Crippen LogP contribution is -2.28. The molecule has 2 N–H and O–H groups in total.